The zero-order valence-corrected chi connectivity index (χ0v) is 18.4. The molecule has 0 bridgehead atoms. The van der Waals surface area contributed by atoms with Gasteiger partial charge >= 0.3 is 5.97 Å². The standard InChI is InChI=1S/C20H17Cl3F2N2O3/c1-4-30-20(29)12(9-27(2)3)19(28)11-7-17(14(22)8-13(11)21)26-18-15(23)5-10(24)6-16(18)25/h5-9,26H,4H2,1-3H3/b12-9+. The van der Waals surface area contributed by atoms with E-state index in [1.54, 1.807) is 21.0 Å². The highest BCUT2D eigenvalue weighted by atomic mass is 35.5. The molecule has 0 aliphatic heterocycles. The molecule has 0 aliphatic rings. The highest BCUT2D eigenvalue weighted by molar-refractivity contribution is 6.40. The molecule has 0 fully saturated rings. The van der Waals surface area contributed by atoms with Gasteiger partial charge in [0.1, 0.15) is 11.4 Å². The summed E-state index contributed by atoms with van der Waals surface area (Å²) in [5.74, 6) is -3.37. The van der Waals surface area contributed by atoms with Crippen molar-refractivity contribution in [1.29, 1.82) is 0 Å². The molecular formula is C20H17Cl3F2N2O3. The lowest BCUT2D eigenvalue weighted by Crippen LogP contribution is -2.20. The van der Waals surface area contributed by atoms with Crippen LogP contribution in [0.3, 0.4) is 0 Å². The first kappa shape index (κ1) is 23.9. The lowest BCUT2D eigenvalue weighted by Gasteiger charge is -2.15. The van der Waals surface area contributed by atoms with E-state index >= 15 is 0 Å². The quantitative estimate of drug-likeness (QED) is 0.178. The minimum atomic E-state index is -0.960. The number of anilines is 2. The topological polar surface area (TPSA) is 58.6 Å². The van der Waals surface area contributed by atoms with Gasteiger partial charge in [0, 0.05) is 31.9 Å². The smallest absolute Gasteiger partial charge is 0.343 e. The van der Waals surface area contributed by atoms with E-state index < -0.39 is 23.4 Å². The van der Waals surface area contributed by atoms with Crippen LogP contribution in [0.15, 0.2) is 36.0 Å². The molecule has 0 unspecified atom stereocenters. The molecule has 0 atom stereocenters. The summed E-state index contributed by atoms with van der Waals surface area (Å²) in [6, 6.07) is 4.06. The van der Waals surface area contributed by atoms with Gasteiger partial charge in [-0.05, 0) is 25.1 Å². The maximum atomic E-state index is 14.1. The fourth-order valence-corrected chi connectivity index (χ4v) is 3.19. The van der Waals surface area contributed by atoms with Gasteiger partial charge < -0.3 is 15.0 Å². The average molecular weight is 478 g/mol. The zero-order chi connectivity index (χ0) is 22.6. The molecule has 0 aliphatic carbocycles. The van der Waals surface area contributed by atoms with Crippen LogP contribution >= 0.6 is 34.8 Å². The van der Waals surface area contributed by atoms with E-state index in [2.05, 4.69) is 5.32 Å². The molecule has 2 aromatic carbocycles. The Bertz CT molecular complexity index is 1000. The summed E-state index contributed by atoms with van der Waals surface area (Å²) in [6.45, 7) is 1.67. The number of carbonyl (C=O) groups excluding carboxylic acids is 2. The Morgan fingerprint density at radius 1 is 1.07 bits per heavy atom. The number of nitrogens with zero attached hydrogens (tertiary/aromatic N) is 1. The fourth-order valence-electron chi connectivity index (χ4n) is 2.43. The van der Waals surface area contributed by atoms with Crippen molar-refractivity contribution in [2.24, 2.45) is 0 Å². The van der Waals surface area contributed by atoms with Gasteiger partial charge in [0.2, 0.25) is 5.78 Å². The van der Waals surface area contributed by atoms with Crippen molar-refractivity contribution in [2.45, 2.75) is 6.92 Å². The second-order valence-corrected chi connectivity index (χ2v) is 7.46. The maximum absolute atomic E-state index is 14.1. The van der Waals surface area contributed by atoms with Gasteiger partial charge in [0.15, 0.2) is 5.82 Å². The van der Waals surface area contributed by atoms with Gasteiger partial charge in [0.25, 0.3) is 0 Å². The number of carbonyl (C=O) groups is 2. The normalized spacial score (nSPS) is 11.3. The molecule has 1 N–H and O–H groups in total. The van der Waals surface area contributed by atoms with E-state index in [9.17, 15) is 18.4 Å². The van der Waals surface area contributed by atoms with Crippen LogP contribution in [0.2, 0.25) is 15.1 Å². The van der Waals surface area contributed by atoms with Gasteiger partial charge in [-0.3, -0.25) is 4.79 Å². The third-order valence-electron chi connectivity index (χ3n) is 3.70. The van der Waals surface area contributed by atoms with E-state index in [1.807, 2.05) is 0 Å². The number of nitrogens with one attached hydrogen (secondary N) is 1. The monoisotopic (exact) mass is 476 g/mol. The van der Waals surface area contributed by atoms with Crippen LogP contribution in [0.25, 0.3) is 0 Å². The number of rotatable bonds is 7. The molecular weight excluding hydrogens is 461 g/mol. The van der Waals surface area contributed by atoms with Crippen LogP contribution in [0.5, 0.6) is 0 Å². The van der Waals surface area contributed by atoms with Crippen LogP contribution in [0.4, 0.5) is 20.2 Å². The zero-order valence-electron chi connectivity index (χ0n) is 16.2. The van der Waals surface area contributed by atoms with E-state index in [-0.39, 0.29) is 44.2 Å². The van der Waals surface area contributed by atoms with Crippen molar-refractivity contribution < 1.29 is 23.1 Å². The first-order valence-electron chi connectivity index (χ1n) is 8.55. The molecule has 0 heterocycles. The average Bonchev–Trinajstić information content (AvgIpc) is 2.63. The van der Waals surface area contributed by atoms with Crippen molar-refractivity contribution in [3.8, 4) is 0 Å². The molecule has 0 saturated carbocycles. The van der Waals surface area contributed by atoms with Gasteiger partial charge in [0.05, 0.1) is 33.0 Å². The van der Waals surface area contributed by atoms with E-state index in [4.69, 9.17) is 39.5 Å². The Hall–Kier alpha value is -2.35. The Balaban J connectivity index is 2.52. The van der Waals surface area contributed by atoms with Crippen LogP contribution < -0.4 is 5.32 Å². The van der Waals surface area contributed by atoms with Crippen LogP contribution in [0, 0.1) is 11.6 Å². The van der Waals surface area contributed by atoms with Crippen LogP contribution in [-0.4, -0.2) is 37.4 Å². The largest absolute Gasteiger partial charge is 0.462 e. The highest BCUT2D eigenvalue weighted by Gasteiger charge is 2.25. The summed E-state index contributed by atoms with van der Waals surface area (Å²) < 4.78 is 32.4. The second kappa shape index (κ2) is 10.1. The minimum absolute atomic E-state index is 0.0322. The summed E-state index contributed by atoms with van der Waals surface area (Å²) in [4.78, 5) is 26.8. The Kier molecular flexibility index (Phi) is 8.06. The number of esters is 1. The molecule has 0 aromatic heterocycles. The van der Waals surface area contributed by atoms with Crippen molar-refractivity contribution in [3.05, 3.63) is 68.3 Å². The predicted octanol–water partition coefficient (Wildman–Crippen LogP) is 5.86. The minimum Gasteiger partial charge on any atom is -0.462 e. The van der Waals surface area contributed by atoms with Gasteiger partial charge in [-0.25, -0.2) is 13.6 Å². The van der Waals surface area contributed by atoms with Gasteiger partial charge in [-0.1, -0.05) is 34.8 Å². The number of benzene rings is 2. The van der Waals surface area contributed by atoms with Gasteiger partial charge in [-0.15, -0.1) is 0 Å². The number of Topliss-reactive ketones (excluding diaryl/α,β-unsaturated/α-hetero) is 1. The molecule has 0 saturated heterocycles. The Labute approximate surface area is 187 Å². The van der Waals surface area contributed by atoms with Gasteiger partial charge in [-0.2, -0.15) is 0 Å². The van der Waals surface area contributed by atoms with Crippen molar-refractivity contribution in [3.63, 3.8) is 0 Å². The summed E-state index contributed by atoms with van der Waals surface area (Å²) >= 11 is 18.2. The van der Waals surface area contributed by atoms with E-state index in [1.165, 1.54) is 23.2 Å². The number of hydrogen-bond donors (Lipinski definition) is 1. The first-order chi connectivity index (χ1) is 14.0. The number of halogens is 5. The lowest BCUT2D eigenvalue weighted by molar-refractivity contribution is -0.138. The molecule has 2 rings (SSSR count). The molecule has 160 valence electrons. The number of hydrogen-bond acceptors (Lipinski definition) is 5. The summed E-state index contributed by atoms with van der Waals surface area (Å²) in [5.41, 5.74) is -0.508. The molecule has 0 amide bonds. The summed E-state index contributed by atoms with van der Waals surface area (Å²) in [7, 11) is 3.25. The molecule has 10 heteroatoms. The SMILES string of the molecule is CCOC(=O)/C(=C/N(C)C)C(=O)c1cc(Nc2c(F)cc(F)cc2Cl)c(Cl)cc1Cl. The fraction of sp³-hybridized carbons (Fsp3) is 0.200. The van der Waals surface area contributed by atoms with E-state index in [0.717, 1.165) is 6.07 Å². The van der Waals surface area contributed by atoms with E-state index in [0.29, 0.717) is 6.07 Å². The Morgan fingerprint density at radius 2 is 1.73 bits per heavy atom. The molecule has 0 radical (unpaired) electrons. The van der Waals surface area contributed by atoms with Crippen molar-refractivity contribution in [2.75, 3.05) is 26.0 Å². The number of ether oxygens (including phenoxy) is 1. The second-order valence-electron chi connectivity index (χ2n) is 6.24. The predicted molar refractivity (Wildman–Crippen MR) is 114 cm³/mol. The van der Waals surface area contributed by atoms with Crippen LogP contribution in [-0.2, 0) is 9.53 Å². The third-order valence-corrected chi connectivity index (χ3v) is 4.62. The Morgan fingerprint density at radius 3 is 2.30 bits per heavy atom. The summed E-state index contributed by atoms with van der Waals surface area (Å²) in [6.07, 6.45) is 1.30. The highest BCUT2D eigenvalue weighted by Crippen LogP contribution is 2.36. The molecule has 0 spiro atoms. The molecule has 2 aromatic rings. The van der Waals surface area contributed by atoms with Crippen LogP contribution in [0.1, 0.15) is 17.3 Å². The maximum Gasteiger partial charge on any atom is 0.343 e. The van der Waals surface area contributed by atoms with Crippen molar-refractivity contribution in [1.82, 2.24) is 4.90 Å². The first-order valence-corrected chi connectivity index (χ1v) is 9.69. The lowest BCUT2D eigenvalue weighted by atomic mass is 10.0. The van der Waals surface area contributed by atoms with Crippen molar-refractivity contribution >= 4 is 57.9 Å². The molecule has 30 heavy (non-hydrogen) atoms. The summed E-state index contributed by atoms with van der Waals surface area (Å²) in [5, 5.41) is 2.41. The third kappa shape index (κ3) is 5.62. The number of ketones is 1. The molecule has 5 nitrogen and oxygen atoms in total.